The number of pyridine rings is 1. The lowest BCUT2D eigenvalue weighted by Crippen LogP contribution is -2.31. The van der Waals surface area contributed by atoms with Crippen LogP contribution in [0.5, 0.6) is 0 Å². The summed E-state index contributed by atoms with van der Waals surface area (Å²) in [4.78, 5) is 6.30. The molecule has 2 aliphatic rings. The largest absolute Gasteiger partial charge is 0.396 e. The van der Waals surface area contributed by atoms with Crippen molar-refractivity contribution < 1.29 is 5.11 Å². The van der Waals surface area contributed by atoms with Gasteiger partial charge in [0, 0.05) is 30.4 Å². The molecule has 0 bridgehead atoms. The third-order valence-corrected chi connectivity index (χ3v) is 4.58. The molecule has 1 aliphatic carbocycles. The molecule has 3 rings (SSSR count). The van der Waals surface area contributed by atoms with E-state index in [4.69, 9.17) is 5.26 Å². The third-order valence-electron chi connectivity index (χ3n) is 4.58. The van der Waals surface area contributed by atoms with Gasteiger partial charge in [0.25, 0.3) is 0 Å². The Morgan fingerprint density at radius 3 is 3.22 bits per heavy atom. The highest BCUT2D eigenvalue weighted by Gasteiger charge is 2.48. The summed E-state index contributed by atoms with van der Waals surface area (Å²) in [5.41, 5.74) is 1.61. The van der Waals surface area contributed by atoms with Crippen LogP contribution in [0, 0.1) is 22.7 Å². The minimum Gasteiger partial charge on any atom is -0.396 e. The van der Waals surface area contributed by atoms with Gasteiger partial charge in [-0.2, -0.15) is 5.26 Å². The molecule has 1 N–H and O–H groups in total. The van der Waals surface area contributed by atoms with Crippen molar-refractivity contribution in [1.29, 1.82) is 5.26 Å². The number of aromatic nitrogens is 1. The molecule has 1 aliphatic heterocycles. The van der Waals surface area contributed by atoms with E-state index < -0.39 is 0 Å². The van der Waals surface area contributed by atoms with Crippen LogP contribution < -0.4 is 4.90 Å². The quantitative estimate of drug-likeness (QED) is 0.856. The molecule has 1 saturated heterocycles. The standard InChI is InChI=1S/C14H17N3O/c15-7-12-6-13(3-5-16-12)17-8-11-2-1-4-14(11,9-17)10-18/h3,5-6,11,18H,1-2,4,8-10H2. The summed E-state index contributed by atoms with van der Waals surface area (Å²) >= 11 is 0. The van der Waals surface area contributed by atoms with E-state index in [0.717, 1.165) is 25.2 Å². The Balaban J connectivity index is 1.85. The van der Waals surface area contributed by atoms with E-state index in [1.807, 2.05) is 12.1 Å². The summed E-state index contributed by atoms with van der Waals surface area (Å²) in [7, 11) is 0. The summed E-state index contributed by atoms with van der Waals surface area (Å²) in [5.74, 6) is 0.598. The fourth-order valence-electron chi connectivity index (χ4n) is 3.55. The first-order valence-corrected chi connectivity index (χ1v) is 6.49. The fourth-order valence-corrected chi connectivity index (χ4v) is 3.55. The second kappa shape index (κ2) is 4.25. The average Bonchev–Trinajstić information content (AvgIpc) is 2.95. The smallest absolute Gasteiger partial charge is 0.142 e. The molecule has 4 nitrogen and oxygen atoms in total. The van der Waals surface area contributed by atoms with Crippen molar-refractivity contribution in [1.82, 2.24) is 4.98 Å². The SMILES string of the molecule is N#Cc1cc(N2CC3CCCC3(CO)C2)ccn1. The molecule has 2 atom stereocenters. The van der Waals surface area contributed by atoms with Gasteiger partial charge in [-0.05, 0) is 30.9 Å². The van der Waals surface area contributed by atoms with Gasteiger partial charge in [0.2, 0.25) is 0 Å². The van der Waals surface area contributed by atoms with Crippen LogP contribution in [0.15, 0.2) is 18.3 Å². The lowest BCUT2D eigenvalue weighted by atomic mass is 9.82. The van der Waals surface area contributed by atoms with Crippen LogP contribution in [0.25, 0.3) is 0 Å². The molecule has 18 heavy (non-hydrogen) atoms. The third kappa shape index (κ3) is 1.67. The summed E-state index contributed by atoms with van der Waals surface area (Å²) in [5, 5.41) is 18.6. The molecule has 1 aromatic heterocycles. The van der Waals surface area contributed by atoms with Crippen LogP contribution in [-0.2, 0) is 0 Å². The molecular formula is C14H17N3O. The molecule has 4 heteroatoms. The van der Waals surface area contributed by atoms with Gasteiger partial charge in [0.15, 0.2) is 0 Å². The van der Waals surface area contributed by atoms with Crippen molar-refractivity contribution in [2.24, 2.45) is 11.3 Å². The van der Waals surface area contributed by atoms with E-state index >= 15 is 0 Å². The Kier molecular flexibility index (Phi) is 2.71. The first kappa shape index (κ1) is 11.5. The first-order chi connectivity index (χ1) is 8.77. The highest BCUT2D eigenvalue weighted by molar-refractivity contribution is 5.50. The highest BCUT2D eigenvalue weighted by atomic mass is 16.3. The predicted octanol–water partition coefficient (Wildman–Crippen LogP) is 1.55. The van der Waals surface area contributed by atoms with Crippen LogP contribution >= 0.6 is 0 Å². The summed E-state index contributed by atoms with van der Waals surface area (Å²) in [6, 6.07) is 5.87. The number of aliphatic hydroxyl groups is 1. The fraction of sp³-hybridized carbons (Fsp3) is 0.571. The molecule has 1 aromatic rings. The van der Waals surface area contributed by atoms with E-state index in [1.165, 1.54) is 12.8 Å². The maximum atomic E-state index is 9.70. The second-order valence-corrected chi connectivity index (χ2v) is 5.50. The van der Waals surface area contributed by atoms with Crippen molar-refractivity contribution >= 4 is 5.69 Å². The van der Waals surface area contributed by atoms with Gasteiger partial charge < -0.3 is 10.0 Å². The number of nitrogens with zero attached hydrogens (tertiary/aromatic N) is 3. The van der Waals surface area contributed by atoms with Crippen LogP contribution in [0.2, 0.25) is 0 Å². The Morgan fingerprint density at radius 2 is 2.50 bits per heavy atom. The molecule has 1 saturated carbocycles. The average molecular weight is 243 g/mol. The van der Waals surface area contributed by atoms with Gasteiger partial charge >= 0.3 is 0 Å². The first-order valence-electron chi connectivity index (χ1n) is 6.49. The lowest BCUT2D eigenvalue weighted by molar-refractivity contribution is 0.121. The van der Waals surface area contributed by atoms with Crippen LogP contribution in [0.3, 0.4) is 0 Å². The van der Waals surface area contributed by atoms with Crippen molar-refractivity contribution in [3.05, 3.63) is 24.0 Å². The summed E-state index contributed by atoms with van der Waals surface area (Å²) < 4.78 is 0. The number of hydrogen-bond donors (Lipinski definition) is 1. The molecular weight excluding hydrogens is 226 g/mol. The van der Waals surface area contributed by atoms with Gasteiger partial charge in [-0.25, -0.2) is 4.98 Å². The second-order valence-electron chi connectivity index (χ2n) is 5.50. The number of anilines is 1. The maximum Gasteiger partial charge on any atom is 0.142 e. The van der Waals surface area contributed by atoms with E-state index in [-0.39, 0.29) is 12.0 Å². The van der Waals surface area contributed by atoms with Crippen molar-refractivity contribution in [3.8, 4) is 6.07 Å². The molecule has 94 valence electrons. The normalized spacial score (nSPS) is 30.2. The molecule has 2 heterocycles. The Bertz CT molecular complexity index is 496. The number of nitriles is 1. The molecule has 0 amide bonds. The zero-order chi connectivity index (χ0) is 12.6. The molecule has 0 spiro atoms. The number of rotatable bonds is 2. The molecule has 0 aromatic carbocycles. The van der Waals surface area contributed by atoms with Crippen LogP contribution in [-0.4, -0.2) is 29.8 Å². The number of fused-ring (bicyclic) bond motifs is 1. The minimum absolute atomic E-state index is 0.0933. The van der Waals surface area contributed by atoms with Gasteiger partial charge in [0.05, 0.1) is 6.61 Å². The van der Waals surface area contributed by atoms with E-state index in [0.29, 0.717) is 11.6 Å². The van der Waals surface area contributed by atoms with E-state index in [1.54, 1.807) is 6.20 Å². The molecule has 2 fully saturated rings. The van der Waals surface area contributed by atoms with E-state index in [2.05, 4.69) is 16.0 Å². The van der Waals surface area contributed by atoms with Gasteiger partial charge in [-0.3, -0.25) is 0 Å². The lowest BCUT2D eigenvalue weighted by Gasteiger charge is -2.26. The maximum absolute atomic E-state index is 9.70. The highest BCUT2D eigenvalue weighted by Crippen LogP contribution is 2.49. The summed E-state index contributed by atoms with van der Waals surface area (Å²) in [6.45, 7) is 2.18. The van der Waals surface area contributed by atoms with Crippen molar-refractivity contribution in [2.75, 3.05) is 24.6 Å². The zero-order valence-corrected chi connectivity index (χ0v) is 10.3. The monoisotopic (exact) mass is 243 g/mol. The minimum atomic E-state index is 0.0933. The van der Waals surface area contributed by atoms with Gasteiger partial charge in [-0.15, -0.1) is 0 Å². The Morgan fingerprint density at radius 1 is 1.61 bits per heavy atom. The zero-order valence-electron chi connectivity index (χ0n) is 10.3. The molecule has 2 unspecified atom stereocenters. The topological polar surface area (TPSA) is 60.2 Å². The van der Waals surface area contributed by atoms with Gasteiger partial charge in [0.1, 0.15) is 11.8 Å². The van der Waals surface area contributed by atoms with Gasteiger partial charge in [-0.1, -0.05) is 6.42 Å². The predicted molar refractivity (Wildman–Crippen MR) is 68.0 cm³/mol. The molecule has 0 radical (unpaired) electrons. The Labute approximate surface area is 107 Å². The number of aliphatic hydroxyl groups excluding tert-OH is 1. The number of hydrogen-bond acceptors (Lipinski definition) is 4. The van der Waals surface area contributed by atoms with Crippen LogP contribution in [0.4, 0.5) is 5.69 Å². The summed E-state index contributed by atoms with van der Waals surface area (Å²) in [6.07, 6.45) is 5.26. The Hall–Kier alpha value is -1.60. The van der Waals surface area contributed by atoms with Crippen molar-refractivity contribution in [2.45, 2.75) is 19.3 Å². The van der Waals surface area contributed by atoms with Crippen LogP contribution in [0.1, 0.15) is 25.0 Å². The van der Waals surface area contributed by atoms with Crippen molar-refractivity contribution in [3.63, 3.8) is 0 Å². The van der Waals surface area contributed by atoms with E-state index in [9.17, 15) is 5.11 Å².